The van der Waals surface area contributed by atoms with Crippen LogP contribution in [0.2, 0.25) is 0 Å². The molecule has 0 aliphatic rings. The monoisotopic (exact) mass is 756 g/mol. The van der Waals surface area contributed by atoms with Crippen molar-refractivity contribution in [3.05, 3.63) is 89.2 Å². The predicted molar refractivity (Wildman–Crippen MR) is 191 cm³/mol. The zero-order chi connectivity index (χ0) is 33.2. The first-order chi connectivity index (χ1) is 22.3. The van der Waals surface area contributed by atoms with Crippen LogP contribution in [0.4, 0.5) is 0 Å². The average molecular weight is 757 g/mol. The summed E-state index contributed by atoms with van der Waals surface area (Å²) in [4.78, 5) is 16.1. The van der Waals surface area contributed by atoms with Gasteiger partial charge < -0.3 is 38.4 Å². The summed E-state index contributed by atoms with van der Waals surface area (Å²) in [5, 5.41) is 0. The van der Waals surface area contributed by atoms with Crippen LogP contribution in [0, 0.1) is 0 Å². The summed E-state index contributed by atoms with van der Waals surface area (Å²) in [5.41, 5.74) is 3.77. The summed E-state index contributed by atoms with van der Waals surface area (Å²) >= 11 is 0. The number of rotatable bonds is 21. The van der Waals surface area contributed by atoms with Crippen LogP contribution in [0.1, 0.15) is 139 Å². The number of aryl methyl sites for hydroxylation is 1. The number of hydrogen-bond acceptors (Lipinski definition) is 3. The van der Waals surface area contributed by atoms with Gasteiger partial charge in [0.05, 0.1) is 25.8 Å². The van der Waals surface area contributed by atoms with E-state index in [2.05, 4.69) is 69.6 Å². The molecule has 0 saturated carbocycles. The number of halogens is 1. The molecular formula is C41H61IN2O3. The minimum Gasteiger partial charge on any atom is -1.00 e. The third-order valence-corrected chi connectivity index (χ3v) is 8.86. The van der Waals surface area contributed by atoms with Gasteiger partial charge in [0.25, 0.3) is 5.91 Å². The van der Waals surface area contributed by atoms with Gasteiger partial charge in [0, 0.05) is 17.7 Å². The van der Waals surface area contributed by atoms with Crippen molar-refractivity contribution in [2.75, 3.05) is 13.7 Å². The highest BCUT2D eigenvalue weighted by molar-refractivity contribution is 5.96. The van der Waals surface area contributed by atoms with Crippen molar-refractivity contribution >= 4 is 5.91 Å². The Kier molecular flexibility index (Phi) is 19.1. The molecule has 0 aliphatic carbocycles. The van der Waals surface area contributed by atoms with Gasteiger partial charge in [0.1, 0.15) is 24.6 Å². The number of carbonyl (C=O) groups excluding carboxylic acids is 1. The van der Waals surface area contributed by atoms with Gasteiger partial charge in [0.15, 0.2) is 6.20 Å². The molecule has 5 nitrogen and oxygen atoms in total. The molecule has 3 aromatic rings. The maximum Gasteiger partial charge on any atom is 0.258 e. The highest BCUT2D eigenvalue weighted by atomic mass is 127. The Hall–Kier alpha value is -2.61. The van der Waals surface area contributed by atoms with Crippen LogP contribution in [0.25, 0.3) is 0 Å². The molecule has 0 saturated heterocycles. The first kappa shape index (κ1) is 40.6. The van der Waals surface area contributed by atoms with Gasteiger partial charge >= 0.3 is 0 Å². The summed E-state index contributed by atoms with van der Waals surface area (Å²) < 4.78 is 14.4. The number of carbonyl (C=O) groups is 1. The Bertz CT molecular complexity index is 1320. The molecule has 2 aromatic carbocycles. The van der Waals surface area contributed by atoms with E-state index < -0.39 is 0 Å². The molecule has 0 atom stereocenters. The first-order valence-corrected chi connectivity index (χ1v) is 17.9. The van der Waals surface area contributed by atoms with Gasteiger partial charge in [-0.3, -0.25) is 4.79 Å². The van der Waals surface area contributed by atoms with Crippen molar-refractivity contribution in [1.29, 1.82) is 0 Å². The molecule has 0 bridgehead atoms. The number of unbranched alkanes of at least 4 members (excludes halogenated alkanes) is 11. The number of ether oxygens (including phenoxy) is 2. The van der Waals surface area contributed by atoms with Crippen molar-refractivity contribution in [3.8, 4) is 11.5 Å². The quantitative estimate of drug-likeness (QED) is 0.0655. The molecule has 6 heteroatoms. The molecule has 0 fully saturated rings. The van der Waals surface area contributed by atoms with E-state index in [1.807, 2.05) is 41.3 Å². The van der Waals surface area contributed by atoms with Gasteiger partial charge in [-0.1, -0.05) is 135 Å². The zero-order valence-electron chi connectivity index (χ0n) is 30.2. The van der Waals surface area contributed by atoms with E-state index in [1.54, 1.807) is 7.11 Å². The number of methoxy groups -OCH3 is 1. The third kappa shape index (κ3) is 13.4. The maximum atomic E-state index is 14.2. The number of benzene rings is 2. The van der Waals surface area contributed by atoms with E-state index in [0.717, 1.165) is 30.0 Å². The van der Waals surface area contributed by atoms with Crippen LogP contribution < -0.4 is 38.0 Å². The Morgan fingerprint density at radius 3 is 1.98 bits per heavy atom. The second kappa shape index (κ2) is 22.1. The maximum absolute atomic E-state index is 14.2. The Labute approximate surface area is 303 Å². The molecule has 1 amide bonds. The molecular weight excluding hydrogens is 695 g/mol. The molecule has 1 aromatic heterocycles. The van der Waals surface area contributed by atoms with E-state index in [-0.39, 0.29) is 35.3 Å². The Balaban J connectivity index is 0.00000768. The molecule has 47 heavy (non-hydrogen) atoms. The lowest BCUT2D eigenvalue weighted by Gasteiger charge is -2.28. The van der Waals surface area contributed by atoms with Crippen LogP contribution >= 0.6 is 0 Å². The largest absolute Gasteiger partial charge is 1.00 e. The highest BCUT2D eigenvalue weighted by Crippen LogP contribution is 2.35. The van der Waals surface area contributed by atoms with Gasteiger partial charge in [-0.15, -0.1) is 0 Å². The van der Waals surface area contributed by atoms with E-state index in [4.69, 9.17) is 9.47 Å². The van der Waals surface area contributed by atoms with Crippen molar-refractivity contribution in [3.63, 3.8) is 0 Å². The summed E-state index contributed by atoms with van der Waals surface area (Å²) in [5.74, 6) is 1.45. The van der Waals surface area contributed by atoms with Crippen LogP contribution in [-0.4, -0.2) is 24.5 Å². The van der Waals surface area contributed by atoms with Gasteiger partial charge in [-0.2, -0.15) is 0 Å². The average Bonchev–Trinajstić information content (AvgIpc) is 3.06. The molecule has 260 valence electrons. The molecule has 1 heterocycles. The lowest BCUT2D eigenvalue weighted by Crippen LogP contribution is -3.00. The van der Waals surface area contributed by atoms with Crippen LogP contribution in [0.15, 0.2) is 66.9 Å². The zero-order valence-corrected chi connectivity index (χ0v) is 32.3. The van der Waals surface area contributed by atoms with Gasteiger partial charge in [-0.25, -0.2) is 4.57 Å². The summed E-state index contributed by atoms with van der Waals surface area (Å²) in [7, 11) is 1.62. The molecule has 0 N–H and O–H groups in total. The lowest BCUT2D eigenvalue weighted by atomic mass is 9.85. The van der Waals surface area contributed by atoms with Gasteiger partial charge in [0.2, 0.25) is 5.69 Å². The van der Waals surface area contributed by atoms with Crippen molar-refractivity contribution in [2.45, 2.75) is 137 Å². The number of pyridine rings is 1. The van der Waals surface area contributed by atoms with Crippen molar-refractivity contribution < 1.29 is 42.8 Å². The lowest BCUT2D eigenvalue weighted by molar-refractivity contribution is -0.701. The molecule has 0 aliphatic heterocycles. The third-order valence-electron chi connectivity index (χ3n) is 8.86. The normalized spacial score (nSPS) is 11.2. The highest BCUT2D eigenvalue weighted by Gasteiger charge is 2.27. The second-order valence-electron chi connectivity index (χ2n) is 13.6. The summed E-state index contributed by atoms with van der Waals surface area (Å²) in [6, 6.07) is 20.1. The smallest absolute Gasteiger partial charge is 0.258 e. The SMILES string of the molecule is CCCCCCCCCCCCCCOc1c(CN(Cc2cccc[n+]2CC)C(=O)c2ccccc2OC)cccc1C(C)(C)C.[I-]. The van der Waals surface area contributed by atoms with Crippen LogP contribution in [0.3, 0.4) is 0 Å². The molecule has 0 unspecified atom stereocenters. The van der Waals surface area contributed by atoms with Gasteiger partial charge in [-0.05, 0) is 36.5 Å². The second-order valence-corrected chi connectivity index (χ2v) is 13.6. The minimum absolute atomic E-state index is 0. The molecule has 0 radical (unpaired) electrons. The fourth-order valence-corrected chi connectivity index (χ4v) is 6.14. The summed E-state index contributed by atoms with van der Waals surface area (Å²) in [6.07, 6.45) is 17.9. The first-order valence-electron chi connectivity index (χ1n) is 17.9. The van der Waals surface area contributed by atoms with Crippen LogP contribution in [-0.2, 0) is 25.0 Å². The molecule has 0 spiro atoms. The predicted octanol–water partition coefficient (Wildman–Crippen LogP) is 7.23. The number of aromatic nitrogens is 1. The summed E-state index contributed by atoms with van der Waals surface area (Å²) in [6.45, 7) is 13.5. The number of amides is 1. The number of hydrogen-bond donors (Lipinski definition) is 0. The molecule has 3 rings (SSSR count). The van der Waals surface area contributed by atoms with E-state index >= 15 is 0 Å². The Morgan fingerprint density at radius 2 is 1.36 bits per heavy atom. The van der Waals surface area contributed by atoms with Crippen molar-refractivity contribution in [1.82, 2.24) is 4.90 Å². The fourth-order valence-electron chi connectivity index (χ4n) is 6.14. The number of para-hydroxylation sites is 2. The van der Waals surface area contributed by atoms with Crippen molar-refractivity contribution in [2.24, 2.45) is 0 Å². The standard InChI is InChI=1S/C41H61N2O3.HI/c1-7-9-10-11-12-13-14-15-16-17-18-23-31-46-39-34(25-24-28-37(39)41(3,4)5)32-43(33-35-26-21-22-30-42(35)8-2)40(44)36-27-19-20-29-38(36)45-6;/h19-22,24-30H,7-18,23,31-33H2,1-6H3;1H/q+1;/p-1. The number of nitrogens with zero attached hydrogens (tertiary/aromatic N) is 2. The van der Waals surface area contributed by atoms with Crippen LogP contribution in [0.5, 0.6) is 11.5 Å². The van der Waals surface area contributed by atoms with E-state index in [0.29, 0.717) is 31.0 Å². The van der Waals surface area contributed by atoms with E-state index in [1.165, 1.54) is 76.2 Å². The van der Waals surface area contributed by atoms with E-state index in [9.17, 15) is 4.79 Å². The Morgan fingerprint density at radius 1 is 0.745 bits per heavy atom. The topological polar surface area (TPSA) is 42.7 Å². The minimum atomic E-state index is -0.0932. The fraction of sp³-hybridized carbons (Fsp3) is 0.561.